The zero-order chi connectivity index (χ0) is 13.8. The molecular formula is C14H15BrN2OS. The van der Waals surface area contributed by atoms with E-state index in [1.807, 2.05) is 47.5 Å². The van der Waals surface area contributed by atoms with E-state index in [0.717, 1.165) is 20.6 Å². The summed E-state index contributed by atoms with van der Waals surface area (Å²) in [5.74, 6) is 0.0567. The minimum atomic E-state index is 0.0567. The Kier molecular flexibility index (Phi) is 4.61. The molecule has 3 nitrogen and oxygen atoms in total. The van der Waals surface area contributed by atoms with Gasteiger partial charge in [-0.2, -0.15) is 0 Å². The monoisotopic (exact) mass is 338 g/mol. The lowest BCUT2D eigenvalue weighted by molar-refractivity contribution is 0.0756. The van der Waals surface area contributed by atoms with Crippen LogP contribution < -0.4 is 5.73 Å². The summed E-state index contributed by atoms with van der Waals surface area (Å²) >= 11 is 4.86. The van der Waals surface area contributed by atoms with Crippen molar-refractivity contribution in [1.29, 1.82) is 0 Å². The molecule has 1 aromatic heterocycles. The van der Waals surface area contributed by atoms with Gasteiger partial charge in [0.25, 0.3) is 5.91 Å². The lowest BCUT2D eigenvalue weighted by Gasteiger charge is -2.20. The molecule has 2 N–H and O–H groups in total. The standard InChI is InChI=1S/C14H15BrN2OS/c1-2-17(9-10-3-5-11(16)6-4-10)14(18)13-12(15)7-8-19-13/h3-8H,2,9,16H2,1H3. The molecule has 1 heterocycles. The van der Waals surface area contributed by atoms with Crippen molar-refractivity contribution in [1.82, 2.24) is 4.90 Å². The maximum atomic E-state index is 12.4. The summed E-state index contributed by atoms with van der Waals surface area (Å²) in [4.78, 5) is 15.0. The number of nitrogens with zero attached hydrogens (tertiary/aromatic N) is 1. The third-order valence-corrected chi connectivity index (χ3v) is 4.66. The minimum Gasteiger partial charge on any atom is -0.399 e. The highest BCUT2D eigenvalue weighted by Gasteiger charge is 2.18. The Morgan fingerprint density at radius 2 is 2.00 bits per heavy atom. The van der Waals surface area contributed by atoms with Crippen molar-refractivity contribution >= 4 is 38.9 Å². The van der Waals surface area contributed by atoms with Gasteiger partial charge in [-0.3, -0.25) is 4.79 Å². The summed E-state index contributed by atoms with van der Waals surface area (Å²) < 4.78 is 0.859. The summed E-state index contributed by atoms with van der Waals surface area (Å²) in [6.07, 6.45) is 0. The van der Waals surface area contributed by atoms with Gasteiger partial charge in [0.1, 0.15) is 4.88 Å². The summed E-state index contributed by atoms with van der Waals surface area (Å²) in [6, 6.07) is 9.52. The first-order valence-corrected chi connectivity index (χ1v) is 7.65. The van der Waals surface area contributed by atoms with Crippen LogP contribution in [0.2, 0.25) is 0 Å². The molecule has 1 amide bonds. The number of nitrogen functional groups attached to an aromatic ring is 1. The van der Waals surface area contributed by atoms with Crippen LogP contribution in [0, 0.1) is 0 Å². The van der Waals surface area contributed by atoms with E-state index < -0.39 is 0 Å². The molecule has 2 aromatic rings. The number of hydrogen-bond donors (Lipinski definition) is 1. The molecule has 0 radical (unpaired) electrons. The molecule has 0 saturated heterocycles. The average molecular weight is 339 g/mol. The molecule has 0 unspecified atom stereocenters. The number of rotatable bonds is 4. The fraction of sp³-hybridized carbons (Fsp3) is 0.214. The molecule has 0 saturated carbocycles. The SMILES string of the molecule is CCN(Cc1ccc(N)cc1)C(=O)c1sccc1Br. The Hall–Kier alpha value is -1.33. The van der Waals surface area contributed by atoms with Crippen LogP contribution in [0.3, 0.4) is 0 Å². The molecule has 2 rings (SSSR count). The van der Waals surface area contributed by atoms with E-state index in [4.69, 9.17) is 5.73 Å². The number of benzene rings is 1. The summed E-state index contributed by atoms with van der Waals surface area (Å²) in [5, 5.41) is 1.91. The number of nitrogens with two attached hydrogens (primary N) is 1. The first-order chi connectivity index (χ1) is 9.11. The largest absolute Gasteiger partial charge is 0.399 e. The van der Waals surface area contributed by atoms with E-state index in [-0.39, 0.29) is 5.91 Å². The van der Waals surface area contributed by atoms with Crippen molar-refractivity contribution in [3.05, 3.63) is 50.6 Å². The molecule has 1 aromatic carbocycles. The highest BCUT2D eigenvalue weighted by molar-refractivity contribution is 9.10. The number of amides is 1. The smallest absolute Gasteiger partial charge is 0.265 e. The summed E-state index contributed by atoms with van der Waals surface area (Å²) in [6.45, 7) is 3.25. The molecule has 0 bridgehead atoms. The van der Waals surface area contributed by atoms with Crippen LogP contribution in [0.4, 0.5) is 5.69 Å². The molecule has 5 heteroatoms. The van der Waals surface area contributed by atoms with Gasteiger partial charge in [-0.05, 0) is 52.0 Å². The number of thiophene rings is 1. The number of halogens is 1. The molecule has 0 aliphatic carbocycles. The van der Waals surface area contributed by atoms with Crippen molar-refractivity contribution in [2.45, 2.75) is 13.5 Å². The first-order valence-electron chi connectivity index (χ1n) is 5.98. The number of carbonyl (C=O) groups excluding carboxylic acids is 1. The highest BCUT2D eigenvalue weighted by atomic mass is 79.9. The first kappa shape index (κ1) is 14.1. The van der Waals surface area contributed by atoms with E-state index >= 15 is 0 Å². The van der Waals surface area contributed by atoms with Gasteiger partial charge in [0, 0.05) is 23.2 Å². The number of anilines is 1. The van der Waals surface area contributed by atoms with Crippen LogP contribution >= 0.6 is 27.3 Å². The van der Waals surface area contributed by atoms with Crippen molar-refractivity contribution in [3.63, 3.8) is 0 Å². The van der Waals surface area contributed by atoms with Gasteiger partial charge in [-0.15, -0.1) is 11.3 Å². The molecule has 0 atom stereocenters. The summed E-state index contributed by atoms with van der Waals surface area (Å²) in [5.41, 5.74) is 7.48. The Morgan fingerprint density at radius 3 is 2.53 bits per heavy atom. The van der Waals surface area contributed by atoms with Crippen molar-refractivity contribution in [2.75, 3.05) is 12.3 Å². The number of hydrogen-bond acceptors (Lipinski definition) is 3. The normalized spacial score (nSPS) is 10.4. The van der Waals surface area contributed by atoms with Gasteiger partial charge >= 0.3 is 0 Å². The predicted octanol–water partition coefficient (Wildman–Crippen LogP) is 3.76. The molecule has 0 aliphatic rings. The van der Waals surface area contributed by atoms with E-state index in [1.54, 1.807) is 0 Å². The van der Waals surface area contributed by atoms with Crippen LogP contribution in [0.5, 0.6) is 0 Å². The lowest BCUT2D eigenvalue weighted by atomic mass is 10.2. The van der Waals surface area contributed by atoms with E-state index in [0.29, 0.717) is 13.1 Å². The Labute approximate surface area is 125 Å². The fourth-order valence-electron chi connectivity index (χ4n) is 1.76. The van der Waals surface area contributed by atoms with E-state index in [1.165, 1.54) is 11.3 Å². The van der Waals surface area contributed by atoms with E-state index in [2.05, 4.69) is 15.9 Å². The van der Waals surface area contributed by atoms with Gasteiger partial charge in [0.05, 0.1) is 0 Å². The van der Waals surface area contributed by atoms with Crippen LogP contribution in [0.1, 0.15) is 22.2 Å². The van der Waals surface area contributed by atoms with Gasteiger partial charge in [0.2, 0.25) is 0 Å². The lowest BCUT2D eigenvalue weighted by Crippen LogP contribution is -2.29. The zero-order valence-corrected chi connectivity index (χ0v) is 13.0. The summed E-state index contributed by atoms with van der Waals surface area (Å²) in [7, 11) is 0. The van der Waals surface area contributed by atoms with Crippen LogP contribution in [-0.2, 0) is 6.54 Å². The van der Waals surface area contributed by atoms with Crippen LogP contribution in [0.25, 0.3) is 0 Å². The zero-order valence-electron chi connectivity index (χ0n) is 10.6. The van der Waals surface area contributed by atoms with Crippen LogP contribution in [0.15, 0.2) is 40.2 Å². The topological polar surface area (TPSA) is 46.3 Å². The third-order valence-electron chi connectivity index (χ3n) is 2.83. The second-order valence-corrected chi connectivity index (χ2v) is 5.93. The Bertz CT molecular complexity index is 565. The molecule has 0 spiro atoms. The third kappa shape index (κ3) is 3.36. The molecular weight excluding hydrogens is 324 g/mol. The van der Waals surface area contributed by atoms with Gasteiger partial charge in [-0.25, -0.2) is 0 Å². The highest BCUT2D eigenvalue weighted by Crippen LogP contribution is 2.24. The molecule has 0 fully saturated rings. The fourth-order valence-corrected chi connectivity index (χ4v) is 3.27. The second kappa shape index (κ2) is 6.21. The maximum Gasteiger partial charge on any atom is 0.265 e. The Morgan fingerprint density at radius 1 is 1.32 bits per heavy atom. The van der Waals surface area contributed by atoms with Crippen molar-refractivity contribution < 1.29 is 4.79 Å². The van der Waals surface area contributed by atoms with Crippen LogP contribution in [-0.4, -0.2) is 17.4 Å². The second-order valence-electron chi connectivity index (χ2n) is 4.16. The molecule has 0 aliphatic heterocycles. The minimum absolute atomic E-state index is 0.0567. The van der Waals surface area contributed by atoms with Gasteiger partial charge in [-0.1, -0.05) is 12.1 Å². The Balaban J connectivity index is 2.14. The van der Waals surface area contributed by atoms with Crippen molar-refractivity contribution in [3.8, 4) is 0 Å². The van der Waals surface area contributed by atoms with Gasteiger partial charge in [0.15, 0.2) is 0 Å². The number of carbonyl (C=O) groups is 1. The molecule has 100 valence electrons. The van der Waals surface area contributed by atoms with E-state index in [9.17, 15) is 4.79 Å². The maximum absolute atomic E-state index is 12.4. The quantitative estimate of drug-likeness (QED) is 0.863. The molecule has 19 heavy (non-hydrogen) atoms. The van der Waals surface area contributed by atoms with Crippen molar-refractivity contribution in [2.24, 2.45) is 0 Å². The van der Waals surface area contributed by atoms with Gasteiger partial charge < -0.3 is 10.6 Å². The average Bonchev–Trinajstić information content (AvgIpc) is 2.83. The predicted molar refractivity (Wildman–Crippen MR) is 83.3 cm³/mol.